The Bertz CT molecular complexity index is 723. The largest absolute Gasteiger partial charge is 0.497 e. The summed E-state index contributed by atoms with van der Waals surface area (Å²) in [5.74, 6) is 0.772. The van der Waals surface area contributed by atoms with Gasteiger partial charge in [-0.2, -0.15) is 11.3 Å². The lowest BCUT2D eigenvalue weighted by Crippen LogP contribution is -2.50. The maximum Gasteiger partial charge on any atom is 0.253 e. The maximum absolute atomic E-state index is 12.6. The Kier molecular flexibility index (Phi) is 6.25. The summed E-state index contributed by atoms with van der Waals surface area (Å²) < 4.78 is 5.13. The van der Waals surface area contributed by atoms with E-state index in [0.29, 0.717) is 30.8 Å². The topological polar surface area (TPSA) is 61.9 Å². The minimum Gasteiger partial charge on any atom is -0.497 e. The van der Waals surface area contributed by atoms with Gasteiger partial charge in [-0.05, 0) is 35.7 Å². The van der Waals surface area contributed by atoms with Gasteiger partial charge in [0.05, 0.1) is 7.11 Å². The van der Waals surface area contributed by atoms with Crippen molar-refractivity contribution in [2.45, 2.75) is 0 Å². The number of hydrogen-bond acceptors (Lipinski definition) is 5. The number of nitrogens with one attached hydrogen (secondary N) is 1. The normalized spacial score (nSPS) is 14.9. The fraction of sp³-hybridized carbons (Fsp3) is 0.368. The quantitative estimate of drug-likeness (QED) is 0.841. The van der Waals surface area contributed by atoms with Crippen molar-refractivity contribution < 1.29 is 14.3 Å². The molecule has 0 bridgehead atoms. The molecule has 1 fully saturated rings. The lowest BCUT2D eigenvalue weighted by molar-refractivity contribution is 0.0638. The molecule has 0 unspecified atom stereocenters. The van der Waals surface area contributed by atoms with Gasteiger partial charge in [-0.1, -0.05) is 0 Å². The van der Waals surface area contributed by atoms with Crippen LogP contribution in [0.2, 0.25) is 0 Å². The molecule has 1 aromatic heterocycles. The Labute approximate surface area is 157 Å². The minimum atomic E-state index is -0.0282. The third-order valence-corrected chi connectivity index (χ3v) is 5.18. The third-order valence-electron chi connectivity index (χ3n) is 4.49. The first-order valence-corrected chi connectivity index (χ1v) is 9.58. The highest BCUT2D eigenvalue weighted by atomic mass is 32.1. The van der Waals surface area contributed by atoms with E-state index in [1.165, 1.54) is 11.3 Å². The zero-order valence-electron chi connectivity index (χ0n) is 14.8. The summed E-state index contributed by atoms with van der Waals surface area (Å²) in [6.45, 7) is 4.43. The maximum atomic E-state index is 12.6. The van der Waals surface area contributed by atoms with Crippen LogP contribution in [0.15, 0.2) is 41.1 Å². The summed E-state index contributed by atoms with van der Waals surface area (Å²) in [6.07, 6.45) is 0. The Hall–Kier alpha value is -2.38. The number of rotatable bonds is 6. The number of benzene rings is 1. The lowest BCUT2D eigenvalue weighted by atomic mass is 10.1. The van der Waals surface area contributed by atoms with Gasteiger partial charge in [0.2, 0.25) is 0 Å². The molecule has 1 N–H and O–H groups in total. The molecule has 1 aliphatic heterocycles. The molecule has 2 aromatic rings. The molecule has 0 saturated carbocycles. The first kappa shape index (κ1) is 18.4. The standard InChI is InChI=1S/C19H23N3O3S/c1-25-17-4-2-15(3-5-17)19(24)22-11-9-21(10-12-22)8-7-20-18(23)16-6-13-26-14-16/h2-6,13-14H,7-12H2,1H3,(H,20,23). The lowest BCUT2D eigenvalue weighted by Gasteiger charge is -2.34. The van der Waals surface area contributed by atoms with Gasteiger partial charge in [-0.15, -0.1) is 0 Å². The van der Waals surface area contributed by atoms with E-state index in [1.807, 2.05) is 21.7 Å². The van der Waals surface area contributed by atoms with E-state index in [2.05, 4.69) is 10.2 Å². The third kappa shape index (κ3) is 4.62. The van der Waals surface area contributed by atoms with E-state index >= 15 is 0 Å². The predicted molar refractivity (Wildman–Crippen MR) is 102 cm³/mol. The second-order valence-corrected chi connectivity index (χ2v) is 6.91. The number of methoxy groups -OCH3 is 1. The van der Waals surface area contributed by atoms with Gasteiger partial charge in [0.15, 0.2) is 0 Å². The number of carbonyl (C=O) groups is 2. The SMILES string of the molecule is COc1ccc(C(=O)N2CCN(CCNC(=O)c3ccsc3)CC2)cc1. The average Bonchev–Trinajstić information content (AvgIpc) is 3.23. The second-order valence-electron chi connectivity index (χ2n) is 6.13. The van der Waals surface area contributed by atoms with Crippen molar-refractivity contribution in [1.82, 2.24) is 15.1 Å². The summed E-state index contributed by atoms with van der Waals surface area (Å²) in [7, 11) is 1.61. The molecule has 138 valence electrons. The van der Waals surface area contributed by atoms with Crippen LogP contribution in [0.5, 0.6) is 5.75 Å². The van der Waals surface area contributed by atoms with Crippen molar-refractivity contribution in [3.8, 4) is 5.75 Å². The molecule has 2 amide bonds. The van der Waals surface area contributed by atoms with Crippen molar-refractivity contribution in [3.63, 3.8) is 0 Å². The number of hydrogen-bond donors (Lipinski definition) is 1. The van der Waals surface area contributed by atoms with Crippen LogP contribution in [0.1, 0.15) is 20.7 Å². The van der Waals surface area contributed by atoms with Crippen LogP contribution in [0, 0.1) is 0 Å². The van der Waals surface area contributed by atoms with Gasteiger partial charge < -0.3 is 15.0 Å². The molecule has 26 heavy (non-hydrogen) atoms. The second kappa shape index (κ2) is 8.82. The van der Waals surface area contributed by atoms with Gasteiger partial charge in [-0.25, -0.2) is 0 Å². The first-order chi connectivity index (χ1) is 12.7. The Morgan fingerprint density at radius 3 is 2.42 bits per heavy atom. The van der Waals surface area contributed by atoms with Crippen molar-refractivity contribution >= 4 is 23.2 Å². The summed E-state index contributed by atoms with van der Waals surface area (Å²) >= 11 is 1.52. The zero-order chi connectivity index (χ0) is 18.4. The van der Waals surface area contributed by atoms with Crippen LogP contribution in [-0.4, -0.2) is 68.0 Å². The zero-order valence-corrected chi connectivity index (χ0v) is 15.6. The summed E-state index contributed by atoms with van der Waals surface area (Å²) in [6, 6.07) is 9.03. The Morgan fingerprint density at radius 2 is 1.81 bits per heavy atom. The number of amides is 2. The van der Waals surface area contributed by atoms with Crippen LogP contribution >= 0.6 is 11.3 Å². The number of piperazine rings is 1. The van der Waals surface area contributed by atoms with Crippen molar-refractivity contribution in [2.75, 3.05) is 46.4 Å². The van der Waals surface area contributed by atoms with E-state index in [4.69, 9.17) is 4.74 Å². The van der Waals surface area contributed by atoms with Crippen LogP contribution in [0.3, 0.4) is 0 Å². The molecule has 1 aromatic carbocycles. The molecule has 2 heterocycles. The number of nitrogens with zero attached hydrogens (tertiary/aromatic N) is 2. The van der Waals surface area contributed by atoms with Gasteiger partial charge in [0.1, 0.15) is 5.75 Å². The van der Waals surface area contributed by atoms with Gasteiger partial charge >= 0.3 is 0 Å². The highest BCUT2D eigenvalue weighted by Gasteiger charge is 2.22. The molecule has 1 saturated heterocycles. The molecule has 0 radical (unpaired) electrons. The van der Waals surface area contributed by atoms with Crippen molar-refractivity contribution in [3.05, 3.63) is 52.2 Å². The van der Waals surface area contributed by atoms with E-state index in [9.17, 15) is 9.59 Å². The molecule has 3 rings (SSSR count). The smallest absolute Gasteiger partial charge is 0.253 e. The van der Waals surface area contributed by atoms with E-state index in [1.54, 1.807) is 31.4 Å². The number of thiophene rings is 1. The van der Waals surface area contributed by atoms with Crippen molar-refractivity contribution in [2.24, 2.45) is 0 Å². The molecule has 0 aliphatic carbocycles. The molecular formula is C19H23N3O3S. The van der Waals surface area contributed by atoms with Crippen LogP contribution in [0.25, 0.3) is 0 Å². The first-order valence-electron chi connectivity index (χ1n) is 8.63. The fourth-order valence-corrected chi connectivity index (χ4v) is 3.55. The van der Waals surface area contributed by atoms with Gasteiger partial charge in [0.25, 0.3) is 11.8 Å². The molecule has 0 atom stereocenters. The molecule has 7 heteroatoms. The van der Waals surface area contributed by atoms with E-state index < -0.39 is 0 Å². The highest BCUT2D eigenvalue weighted by Crippen LogP contribution is 2.14. The number of carbonyl (C=O) groups excluding carboxylic acids is 2. The van der Waals surface area contributed by atoms with Crippen LogP contribution in [0.4, 0.5) is 0 Å². The monoisotopic (exact) mass is 373 g/mol. The number of ether oxygens (including phenoxy) is 1. The highest BCUT2D eigenvalue weighted by molar-refractivity contribution is 7.08. The van der Waals surface area contributed by atoms with E-state index in [-0.39, 0.29) is 11.8 Å². The molecular weight excluding hydrogens is 350 g/mol. The van der Waals surface area contributed by atoms with Crippen LogP contribution < -0.4 is 10.1 Å². The van der Waals surface area contributed by atoms with E-state index in [0.717, 1.165) is 25.4 Å². The fourth-order valence-electron chi connectivity index (χ4n) is 2.91. The predicted octanol–water partition coefficient (Wildman–Crippen LogP) is 1.94. The summed E-state index contributed by atoms with van der Waals surface area (Å²) in [5.41, 5.74) is 1.40. The Morgan fingerprint density at radius 1 is 1.08 bits per heavy atom. The molecule has 6 nitrogen and oxygen atoms in total. The Balaban J connectivity index is 1.40. The van der Waals surface area contributed by atoms with Gasteiger partial charge in [0, 0.05) is 55.8 Å². The average molecular weight is 373 g/mol. The summed E-state index contributed by atoms with van der Waals surface area (Å²) in [5, 5.41) is 6.68. The van der Waals surface area contributed by atoms with Crippen molar-refractivity contribution in [1.29, 1.82) is 0 Å². The molecule has 0 spiro atoms. The van der Waals surface area contributed by atoms with Crippen LogP contribution in [-0.2, 0) is 0 Å². The van der Waals surface area contributed by atoms with Gasteiger partial charge in [-0.3, -0.25) is 14.5 Å². The summed E-state index contributed by atoms with van der Waals surface area (Å²) in [4.78, 5) is 28.6. The minimum absolute atomic E-state index is 0.0282. The molecule has 1 aliphatic rings.